The molecule has 0 saturated carbocycles. The van der Waals surface area contributed by atoms with Crippen molar-refractivity contribution < 1.29 is 109 Å². The summed E-state index contributed by atoms with van der Waals surface area (Å²) in [6, 6.07) is 5.82. The number of carbonyl (C=O) groups is 6. The van der Waals surface area contributed by atoms with Crippen LogP contribution in [0.4, 0.5) is 0 Å². The Bertz CT molecular complexity index is 1420. The standard InChI is InChI=1S/C37H57N9O6.2Gd/c1-8-25(4)34(45-35(50)26(5)18-31-21-38-23-43-31)37(52)44-32(17-24(2)3)36(51)42-20-30-11-9-29(10-12-30)19-41-33(49)22-46(15-13-39-27(6)47)16-14-40-28(7)48;;/h9-12,21,23-26,32,34H,6-8,13-20,22H2,1-5H3,(H,38,43)(H,39,47)(H,40,48)(H,41,49)(H,42,51)(H,44,52)(H,45,50);;/q-2;;/t25?,26?,32-,34-;;/m0../s1. The summed E-state index contributed by atoms with van der Waals surface area (Å²) in [5.41, 5.74) is 2.51. The maximum atomic E-state index is 13.5. The number of nitrogens with zero attached hydrogens (tertiary/aromatic N) is 2. The molecule has 0 aliphatic rings. The molecule has 4 atom stereocenters. The van der Waals surface area contributed by atoms with Gasteiger partial charge in [0.1, 0.15) is 12.1 Å². The van der Waals surface area contributed by atoms with Crippen LogP contribution >= 0.6 is 0 Å². The van der Waals surface area contributed by atoms with E-state index < -0.39 is 35.7 Å². The van der Waals surface area contributed by atoms with Crippen LogP contribution in [-0.4, -0.2) is 95.1 Å². The molecule has 2 unspecified atom stereocenters. The monoisotopic (exact) mass is 1040 g/mol. The predicted octanol–water partition coefficient (Wildman–Crippen LogP) is 0.785. The van der Waals surface area contributed by atoms with E-state index in [4.69, 9.17) is 0 Å². The summed E-state index contributed by atoms with van der Waals surface area (Å²) in [6.45, 7) is 18.1. The van der Waals surface area contributed by atoms with Crippen molar-refractivity contribution in [1.82, 2.24) is 46.8 Å². The summed E-state index contributed by atoms with van der Waals surface area (Å²) in [7, 11) is 0. The van der Waals surface area contributed by atoms with Crippen molar-refractivity contribution in [3.05, 3.63) is 67.5 Å². The van der Waals surface area contributed by atoms with E-state index in [0.29, 0.717) is 45.4 Å². The summed E-state index contributed by atoms with van der Waals surface area (Å²) >= 11 is 0. The van der Waals surface area contributed by atoms with Gasteiger partial charge in [-0.15, -0.1) is 0 Å². The van der Waals surface area contributed by atoms with E-state index in [9.17, 15) is 28.8 Å². The smallest absolute Gasteiger partial charge is 0.243 e. The third-order valence-corrected chi connectivity index (χ3v) is 8.51. The van der Waals surface area contributed by atoms with E-state index in [-0.39, 0.29) is 129 Å². The number of hydrogen-bond donors (Lipinski definition) is 7. The van der Waals surface area contributed by atoms with Crippen molar-refractivity contribution >= 4 is 35.4 Å². The first-order chi connectivity index (χ1) is 24.7. The van der Waals surface area contributed by atoms with Crippen LogP contribution in [0.3, 0.4) is 0 Å². The van der Waals surface area contributed by atoms with E-state index in [0.717, 1.165) is 16.8 Å². The maximum Gasteiger partial charge on any atom is 0.243 e. The van der Waals surface area contributed by atoms with Gasteiger partial charge in [0, 0.05) is 143 Å². The number of carbonyl (C=O) groups excluding carboxylic acids is 6. The molecule has 1 aromatic heterocycles. The molecule has 0 fully saturated rings. The Morgan fingerprint density at radius 3 is 1.81 bits per heavy atom. The average molecular weight is 1040 g/mol. The zero-order chi connectivity index (χ0) is 38.6. The molecule has 0 aliphatic carbocycles. The number of aromatic nitrogens is 2. The second-order valence-corrected chi connectivity index (χ2v) is 13.5. The van der Waals surface area contributed by atoms with Crippen molar-refractivity contribution in [3.63, 3.8) is 0 Å². The van der Waals surface area contributed by atoms with Crippen molar-refractivity contribution in [2.45, 2.75) is 79.1 Å². The Kier molecular flexibility index (Phi) is 26.8. The second-order valence-electron chi connectivity index (χ2n) is 13.5. The van der Waals surface area contributed by atoms with Crippen LogP contribution in [0, 0.1) is 111 Å². The predicted molar refractivity (Wildman–Crippen MR) is 198 cm³/mol. The Balaban J connectivity index is 0.0000140. The van der Waals surface area contributed by atoms with Crippen LogP contribution in [0.25, 0.3) is 0 Å². The van der Waals surface area contributed by atoms with Crippen LogP contribution in [0.2, 0.25) is 0 Å². The third kappa shape index (κ3) is 21.1. The number of H-pyrrole nitrogens is 1. The molecule has 0 bridgehead atoms. The maximum absolute atomic E-state index is 13.5. The number of imidazole rings is 1. The van der Waals surface area contributed by atoms with E-state index >= 15 is 0 Å². The SMILES string of the molecule is [CH2-]C(=O)NCCN(CCNC([CH2-])=O)CC(=O)NCc1ccc(CNC(=O)[C@H](CC(C)C)NC(=O)[C@@H](NC(=O)C(C)Cc2cnc[nH]2)C(C)CC)cc1.[Gd].[Gd]. The molecule has 6 amide bonds. The first-order valence-electron chi connectivity index (χ1n) is 17.8. The van der Waals surface area contributed by atoms with Crippen LogP contribution < -0.4 is 31.9 Å². The summed E-state index contributed by atoms with van der Waals surface area (Å²) < 4.78 is 0. The van der Waals surface area contributed by atoms with Crippen molar-refractivity contribution in [1.29, 1.82) is 0 Å². The summed E-state index contributed by atoms with van der Waals surface area (Å²) in [5.74, 6) is -2.47. The molecule has 0 aliphatic heterocycles. The van der Waals surface area contributed by atoms with Crippen molar-refractivity contribution in [2.24, 2.45) is 17.8 Å². The molecule has 0 spiro atoms. The first-order valence-corrected chi connectivity index (χ1v) is 17.8. The summed E-state index contributed by atoms with van der Waals surface area (Å²) in [6.07, 6.45) is 4.75. The van der Waals surface area contributed by atoms with Gasteiger partial charge in [0.25, 0.3) is 0 Å². The van der Waals surface area contributed by atoms with Gasteiger partial charge in [-0.05, 0) is 29.4 Å². The van der Waals surface area contributed by atoms with Crippen LogP contribution in [0.5, 0.6) is 0 Å². The molecule has 304 valence electrons. The summed E-state index contributed by atoms with van der Waals surface area (Å²) in [5, 5.41) is 16.8. The fraction of sp³-hybridized carbons (Fsp3) is 0.541. The largest absolute Gasteiger partial charge is 0.380 e. The summed E-state index contributed by atoms with van der Waals surface area (Å²) in [4.78, 5) is 83.6. The fourth-order valence-corrected chi connectivity index (χ4v) is 5.30. The molecule has 2 aromatic rings. The molecule has 2 rings (SSSR count). The molecule has 7 N–H and O–H groups in total. The number of amides is 6. The van der Waals surface area contributed by atoms with Gasteiger partial charge >= 0.3 is 0 Å². The molecule has 0 saturated heterocycles. The minimum absolute atomic E-state index is 0. The Morgan fingerprint density at radius 1 is 0.778 bits per heavy atom. The normalized spacial score (nSPS) is 12.9. The molecule has 17 heteroatoms. The molecular formula is C37H57Gd2N9O6-2. The Labute approximate surface area is 384 Å². The number of hydrogen-bond acceptors (Lipinski definition) is 8. The van der Waals surface area contributed by atoms with Crippen LogP contribution in [0.1, 0.15) is 64.3 Å². The van der Waals surface area contributed by atoms with Crippen molar-refractivity contribution in [3.8, 4) is 0 Å². The van der Waals surface area contributed by atoms with Crippen LogP contribution in [-0.2, 0) is 48.3 Å². The number of benzene rings is 1. The van der Waals surface area contributed by atoms with Gasteiger partial charge in [0.05, 0.1) is 24.7 Å². The molecule has 1 heterocycles. The second kappa shape index (κ2) is 28.1. The Hall–Kier alpha value is -2.40. The van der Waals surface area contributed by atoms with Crippen LogP contribution in [0.15, 0.2) is 36.8 Å². The number of aromatic amines is 1. The minimum Gasteiger partial charge on any atom is -0.380 e. The molecule has 54 heavy (non-hydrogen) atoms. The Morgan fingerprint density at radius 2 is 1.33 bits per heavy atom. The zero-order valence-corrected chi connectivity index (χ0v) is 36.4. The van der Waals surface area contributed by atoms with Gasteiger partial charge in [-0.1, -0.05) is 65.3 Å². The van der Waals surface area contributed by atoms with E-state index in [1.54, 1.807) is 24.3 Å². The van der Waals surface area contributed by atoms with Gasteiger partial charge in [-0.3, -0.25) is 24.1 Å². The zero-order valence-electron chi connectivity index (χ0n) is 31.9. The molecule has 1 aromatic carbocycles. The quantitative estimate of drug-likeness (QED) is 0.0792. The molecule has 0 radical (unpaired) electrons. The minimum atomic E-state index is -0.803. The topological polar surface area (TPSA) is 207 Å². The number of rotatable bonds is 23. The van der Waals surface area contributed by atoms with E-state index in [2.05, 4.69) is 55.7 Å². The average Bonchev–Trinajstić information content (AvgIpc) is 3.60. The first kappa shape index (κ1) is 51.6. The third-order valence-electron chi connectivity index (χ3n) is 8.51. The van der Waals surface area contributed by atoms with Gasteiger partial charge in [0.15, 0.2) is 0 Å². The van der Waals surface area contributed by atoms with Crippen molar-refractivity contribution in [2.75, 3.05) is 32.7 Å². The van der Waals surface area contributed by atoms with Gasteiger partial charge < -0.3 is 60.3 Å². The van der Waals surface area contributed by atoms with E-state index in [1.165, 1.54) is 0 Å². The fourth-order valence-electron chi connectivity index (χ4n) is 5.30. The molecular weight excluding hydrogens is 981 g/mol. The van der Waals surface area contributed by atoms with Gasteiger partial charge in [-0.25, -0.2) is 4.98 Å². The van der Waals surface area contributed by atoms with E-state index in [1.807, 2.05) is 52.0 Å². The van der Waals surface area contributed by atoms with Gasteiger partial charge in [-0.2, -0.15) is 0 Å². The number of nitrogens with one attached hydrogen (secondary N) is 7. The van der Waals surface area contributed by atoms with Gasteiger partial charge in [0.2, 0.25) is 23.6 Å². The molecule has 15 nitrogen and oxygen atoms in total.